The molecule has 1 unspecified atom stereocenters. The first-order valence-corrected chi connectivity index (χ1v) is 6.61. The molecule has 2 rings (SSSR count). The third kappa shape index (κ3) is 4.71. The molecule has 0 aliphatic rings. The van der Waals surface area contributed by atoms with Crippen molar-refractivity contribution in [2.24, 2.45) is 7.05 Å². The van der Waals surface area contributed by atoms with Crippen LogP contribution in [-0.4, -0.2) is 29.1 Å². The van der Waals surface area contributed by atoms with E-state index in [-0.39, 0.29) is 5.69 Å². The Hall–Kier alpha value is -2.55. The molecule has 0 aliphatic heterocycles. The third-order valence-corrected chi connectivity index (χ3v) is 2.94. The van der Waals surface area contributed by atoms with Gasteiger partial charge in [-0.3, -0.25) is 9.48 Å². The van der Waals surface area contributed by atoms with E-state index in [1.807, 2.05) is 0 Å². The molecule has 0 aliphatic carbocycles. The van der Waals surface area contributed by atoms with Gasteiger partial charge in [0.15, 0.2) is 0 Å². The summed E-state index contributed by atoms with van der Waals surface area (Å²) in [6, 6.07) is 4.39. The maximum Gasteiger partial charge on any atom is 0.573 e. The average Bonchev–Trinajstić information content (AvgIpc) is 2.84. The molecule has 6 nitrogen and oxygen atoms in total. The predicted octanol–water partition coefficient (Wildman–Crippen LogP) is 2.22. The molecule has 1 aromatic heterocycles. The number of ether oxygens (including phenoxy) is 1. The molecule has 0 spiro atoms. The number of nitrogens with zero attached hydrogens (tertiary/aromatic N) is 2. The van der Waals surface area contributed by atoms with E-state index in [9.17, 15) is 18.0 Å². The Morgan fingerprint density at radius 2 is 2.13 bits per heavy atom. The van der Waals surface area contributed by atoms with Crippen LogP contribution < -0.4 is 15.4 Å². The van der Waals surface area contributed by atoms with Crippen LogP contribution in [0.1, 0.15) is 11.6 Å². The Balaban J connectivity index is 2.11. The first kappa shape index (κ1) is 16.8. The molecule has 0 fully saturated rings. The molecule has 0 saturated carbocycles. The Labute approximate surface area is 130 Å². The van der Waals surface area contributed by atoms with E-state index in [0.717, 1.165) is 12.1 Å². The SMILES string of the molecule is CNC(C(=O)Nc1cccc(OC(F)(F)F)c1)c1cnn(C)c1. The molecular weight excluding hydrogens is 313 g/mol. The van der Waals surface area contributed by atoms with Crippen LogP contribution in [0.4, 0.5) is 18.9 Å². The number of halogens is 3. The highest BCUT2D eigenvalue weighted by atomic mass is 19.4. The predicted molar refractivity (Wildman–Crippen MR) is 76.8 cm³/mol. The lowest BCUT2D eigenvalue weighted by Crippen LogP contribution is -2.30. The maximum absolute atomic E-state index is 12.3. The number of carbonyl (C=O) groups is 1. The van der Waals surface area contributed by atoms with Crippen LogP contribution in [0, 0.1) is 0 Å². The second-order valence-electron chi connectivity index (χ2n) is 4.73. The fraction of sp³-hybridized carbons (Fsp3) is 0.286. The van der Waals surface area contributed by atoms with Gasteiger partial charge < -0.3 is 15.4 Å². The van der Waals surface area contributed by atoms with Crippen LogP contribution in [0.15, 0.2) is 36.7 Å². The second-order valence-corrected chi connectivity index (χ2v) is 4.73. The van der Waals surface area contributed by atoms with E-state index >= 15 is 0 Å². The number of rotatable bonds is 5. The minimum absolute atomic E-state index is 0.195. The summed E-state index contributed by atoms with van der Waals surface area (Å²) in [7, 11) is 3.31. The molecule has 0 bridgehead atoms. The van der Waals surface area contributed by atoms with Crippen LogP contribution in [0.2, 0.25) is 0 Å². The van der Waals surface area contributed by atoms with Crippen LogP contribution in [0.25, 0.3) is 0 Å². The number of hydrogen-bond donors (Lipinski definition) is 2. The van der Waals surface area contributed by atoms with Crippen molar-refractivity contribution in [1.82, 2.24) is 15.1 Å². The fourth-order valence-electron chi connectivity index (χ4n) is 2.02. The van der Waals surface area contributed by atoms with Gasteiger partial charge in [-0.1, -0.05) is 6.07 Å². The molecule has 1 heterocycles. The van der Waals surface area contributed by atoms with E-state index in [1.54, 1.807) is 25.0 Å². The van der Waals surface area contributed by atoms with Crippen LogP contribution >= 0.6 is 0 Å². The summed E-state index contributed by atoms with van der Waals surface area (Å²) < 4.78 is 42.0. The van der Waals surface area contributed by atoms with Crippen LogP contribution in [0.3, 0.4) is 0 Å². The van der Waals surface area contributed by atoms with E-state index < -0.39 is 24.1 Å². The molecule has 1 amide bonds. The largest absolute Gasteiger partial charge is 0.573 e. The molecule has 0 radical (unpaired) electrons. The third-order valence-electron chi connectivity index (χ3n) is 2.94. The van der Waals surface area contributed by atoms with Crippen molar-refractivity contribution in [3.63, 3.8) is 0 Å². The van der Waals surface area contributed by atoms with Crippen molar-refractivity contribution in [2.45, 2.75) is 12.4 Å². The minimum atomic E-state index is -4.79. The molecule has 2 N–H and O–H groups in total. The number of alkyl halides is 3. The van der Waals surface area contributed by atoms with Crippen molar-refractivity contribution >= 4 is 11.6 Å². The number of benzene rings is 1. The molecule has 0 saturated heterocycles. The van der Waals surface area contributed by atoms with Crippen molar-refractivity contribution < 1.29 is 22.7 Å². The number of likely N-dealkylation sites (N-methyl/N-ethyl adjacent to an activating group) is 1. The lowest BCUT2D eigenvalue weighted by Gasteiger charge is -2.15. The molecule has 1 aromatic carbocycles. The Kier molecular flexibility index (Phi) is 4.89. The highest BCUT2D eigenvalue weighted by molar-refractivity contribution is 5.95. The average molecular weight is 328 g/mol. The standard InChI is InChI=1S/C14H15F3N4O2/c1-18-12(9-7-19-21(2)8-9)13(22)20-10-4-3-5-11(6-10)23-14(15,16)17/h3-8,12,18H,1-2H3,(H,20,22). The fourth-order valence-corrected chi connectivity index (χ4v) is 2.02. The molecule has 23 heavy (non-hydrogen) atoms. The van der Waals surface area contributed by atoms with Crippen molar-refractivity contribution in [2.75, 3.05) is 12.4 Å². The quantitative estimate of drug-likeness (QED) is 0.883. The van der Waals surface area contributed by atoms with E-state index in [0.29, 0.717) is 5.56 Å². The van der Waals surface area contributed by atoms with Gasteiger partial charge in [-0.2, -0.15) is 5.10 Å². The summed E-state index contributed by atoms with van der Waals surface area (Å²) >= 11 is 0. The summed E-state index contributed by atoms with van der Waals surface area (Å²) in [5, 5.41) is 9.35. The summed E-state index contributed by atoms with van der Waals surface area (Å²) in [4.78, 5) is 12.3. The number of hydrogen-bond acceptors (Lipinski definition) is 4. The van der Waals surface area contributed by atoms with Gasteiger partial charge in [-0.25, -0.2) is 0 Å². The zero-order valence-electron chi connectivity index (χ0n) is 12.4. The monoisotopic (exact) mass is 328 g/mol. The highest BCUT2D eigenvalue weighted by Gasteiger charge is 2.31. The lowest BCUT2D eigenvalue weighted by atomic mass is 10.1. The summed E-state index contributed by atoms with van der Waals surface area (Å²) in [6.45, 7) is 0. The van der Waals surface area contributed by atoms with Crippen LogP contribution in [-0.2, 0) is 11.8 Å². The van der Waals surface area contributed by atoms with Gasteiger partial charge in [0.25, 0.3) is 0 Å². The van der Waals surface area contributed by atoms with Gasteiger partial charge in [-0.15, -0.1) is 13.2 Å². The first-order chi connectivity index (χ1) is 10.8. The lowest BCUT2D eigenvalue weighted by molar-refractivity contribution is -0.274. The molecule has 2 aromatic rings. The molecule has 9 heteroatoms. The topological polar surface area (TPSA) is 68.2 Å². The Morgan fingerprint density at radius 3 is 2.70 bits per heavy atom. The van der Waals surface area contributed by atoms with Crippen molar-refractivity contribution in [3.8, 4) is 5.75 Å². The summed E-state index contributed by atoms with van der Waals surface area (Å²) in [6.07, 6.45) is -1.58. The van der Waals surface area contributed by atoms with Gasteiger partial charge >= 0.3 is 6.36 Å². The van der Waals surface area contributed by atoms with Gasteiger partial charge in [-0.05, 0) is 19.2 Å². The van der Waals surface area contributed by atoms with Gasteiger partial charge in [0, 0.05) is 30.6 Å². The van der Waals surface area contributed by atoms with Crippen LogP contribution in [0.5, 0.6) is 5.75 Å². The maximum atomic E-state index is 12.3. The summed E-state index contributed by atoms with van der Waals surface area (Å²) in [5.41, 5.74) is 0.830. The second kappa shape index (κ2) is 6.69. The minimum Gasteiger partial charge on any atom is -0.406 e. The zero-order chi connectivity index (χ0) is 17.0. The van der Waals surface area contributed by atoms with E-state index in [2.05, 4.69) is 20.5 Å². The Bertz CT molecular complexity index is 685. The van der Waals surface area contributed by atoms with Gasteiger partial charge in [0.1, 0.15) is 11.8 Å². The number of aryl methyl sites for hydroxylation is 1. The van der Waals surface area contributed by atoms with Crippen molar-refractivity contribution in [3.05, 3.63) is 42.2 Å². The normalized spacial score (nSPS) is 12.7. The number of aromatic nitrogens is 2. The highest BCUT2D eigenvalue weighted by Crippen LogP contribution is 2.25. The van der Waals surface area contributed by atoms with E-state index in [1.165, 1.54) is 18.3 Å². The number of carbonyl (C=O) groups excluding carboxylic acids is 1. The van der Waals surface area contributed by atoms with E-state index in [4.69, 9.17) is 0 Å². The molecule has 124 valence electrons. The number of anilines is 1. The molecular formula is C14H15F3N4O2. The Morgan fingerprint density at radius 1 is 1.39 bits per heavy atom. The number of amides is 1. The smallest absolute Gasteiger partial charge is 0.406 e. The molecule has 1 atom stereocenters. The zero-order valence-corrected chi connectivity index (χ0v) is 12.4. The van der Waals surface area contributed by atoms with Gasteiger partial charge in [0.05, 0.1) is 6.20 Å². The van der Waals surface area contributed by atoms with Crippen molar-refractivity contribution in [1.29, 1.82) is 0 Å². The van der Waals surface area contributed by atoms with Gasteiger partial charge in [0.2, 0.25) is 5.91 Å². The number of nitrogens with one attached hydrogen (secondary N) is 2. The first-order valence-electron chi connectivity index (χ1n) is 6.61. The summed E-state index contributed by atoms with van der Waals surface area (Å²) in [5.74, 6) is -0.831.